The number of ether oxygens (including phenoxy) is 1. The summed E-state index contributed by atoms with van der Waals surface area (Å²) in [6.45, 7) is 2.13. The first kappa shape index (κ1) is 12.2. The number of halogens is 1. The maximum absolute atomic E-state index is 11.3. The summed E-state index contributed by atoms with van der Waals surface area (Å²) >= 11 is 3.33. The first-order chi connectivity index (χ1) is 7.13. The SMILES string of the molecule is CC[C@@H](N)C(=O)OCc1ccc(Br)cc1. The first-order valence-corrected chi connectivity index (χ1v) is 5.59. The van der Waals surface area contributed by atoms with E-state index in [1.54, 1.807) is 0 Å². The Balaban J connectivity index is 2.43. The summed E-state index contributed by atoms with van der Waals surface area (Å²) in [4.78, 5) is 11.3. The van der Waals surface area contributed by atoms with Gasteiger partial charge in [-0.1, -0.05) is 35.0 Å². The minimum Gasteiger partial charge on any atom is -0.460 e. The van der Waals surface area contributed by atoms with E-state index in [0.717, 1.165) is 10.0 Å². The van der Waals surface area contributed by atoms with E-state index in [2.05, 4.69) is 15.9 Å². The van der Waals surface area contributed by atoms with Gasteiger partial charge in [0.25, 0.3) is 0 Å². The van der Waals surface area contributed by atoms with E-state index in [1.807, 2.05) is 31.2 Å². The molecule has 0 saturated carbocycles. The molecule has 0 aliphatic heterocycles. The highest BCUT2D eigenvalue weighted by Crippen LogP contribution is 2.11. The van der Waals surface area contributed by atoms with Crippen LogP contribution in [0.25, 0.3) is 0 Å². The van der Waals surface area contributed by atoms with Crippen LogP contribution >= 0.6 is 15.9 Å². The van der Waals surface area contributed by atoms with Gasteiger partial charge in [-0.3, -0.25) is 4.79 Å². The van der Waals surface area contributed by atoms with Crippen LogP contribution in [0.15, 0.2) is 28.7 Å². The largest absolute Gasteiger partial charge is 0.460 e. The highest BCUT2D eigenvalue weighted by Gasteiger charge is 2.11. The minimum absolute atomic E-state index is 0.278. The topological polar surface area (TPSA) is 52.3 Å². The Morgan fingerprint density at radius 2 is 2.07 bits per heavy atom. The van der Waals surface area contributed by atoms with Crippen LogP contribution in [0, 0.1) is 0 Å². The molecule has 3 nitrogen and oxygen atoms in total. The quantitative estimate of drug-likeness (QED) is 0.855. The van der Waals surface area contributed by atoms with Gasteiger partial charge in [0.15, 0.2) is 0 Å². The van der Waals surface area contributed by atoms with Crippen LogP contribution in [-0.4, -0.2) is 12.0 Å². The number of hydrogen-bond donors (Lipinski definition) is 1. The standard InChI is InChI=1S/C11H14BrNO2/c1-2-10(13)11(14)15-7-8-3-5-9(12)6-4-8/h3-6,10H,2,7,13H2,1H3/t10-/m1/s1. The predicted octanol–water partition coefficient (Wildman–Crippen LogP) is 2.23. The van der Waals surface area contributed by atoms with Crippen molar-refractivity contribution in [1.29, 1.82) is 0 Å². The monoisotopic (exact) mass is 271 g/mol. The van der Waals surface area contributed by atoms with Gasteiger partial charge >= 0.3 is 5.97 Å². The van der Waals surface area contributed by atoms with Crippen molar-refractivity contribution in [3.63, 3.8) is 0 Å². The minimum atomic E-state index is -0.513. The van der Waals surface area contributed by atoms with Crippen LogP contribution in [0.4, 0.5) is 0 Å². The van der Waals surface area contributed by atoms with E-state index in [9.17, 15) is 4.79 Å². The molecule has 4 heteroatoms. The summed E-state index contributed by atoms with van der Waals surface area (Å²) in [6, 6.07) is 7.09. The number of hydrogen-bond acceptors (Lipinski definition) is 3. The highest BCUT2D eigenvalue weighted by molar-refractivity contribution is 9.10. The van der Waals surface area contributed by atoms with Crippen molar-refractivity contribution in [2.45, 2.75) is 26.0 Å². The van der Waals surface area contributed by atoms with E-state index in [4.69, 9.17) is 10.5 Å². The molecular formula is C11H14BrNO2. The lowest BCUT2D eigenvalue weighted by Crippen LogP contribution is -2.31. The van der Waals surface area contributed by atoms with Gasteiger partial charge in [0.2, 0.25) is 0 Å². The number of nitrogens with two attached hydrogens (primary N) is 1. The molecule has 0 fully saturated rings. The van der Waals surface area contributed by atoms with Gasteiger partial charge in [0.1, 0.15) is 12.6 Å². The molecule has 2 N–H and O–H groups in total. The summed E-state index contributed by atoms with van der Waals surface area (Å²) in [7, 11) is 0. The summed E-state index contributed by atoms with van der Waals surface area (Å²) in [6.07, 6.45) is 0.596. The predicted molar refractivity (Wildman–Crippen MR) is 62.2 cm³/mol. The molecule has 1 atom stereocenters. The average Bonchev–Trinajstić information content (AvgIpc) is 2.26. The van der Waals surface area contributed by atoms with Crippen molar-refractivity contribution in [1.82, 2.24) is 0 Å². The molecular weight excluding hydrogens is 258 g/mol. The molecule has 15 heavy (non-hydrogen) atoms. The second-order valence-corrected chi connectivity index (χ2v) is 4.16. The number of carbonyl (C=O) groups is 1. The van der Waals surface area contributed by atoms with Crippen LogP contribution in [0.5, 0.6) is 0 Å². The summed E-state index contributed by atoms with van der Waals surface area (Å²) < 4.78 is 6.04. The lowest BCUT2D eigenvalue weighted by Gasteiger charge is -2.09. The highest BCUT2D eigenvalue weighted by atomic mass is 79.9. The zero-order valence-electron chi connectivity index (χ0n) is 8.57. The van der Waals surface area contributed by atoms with Gasteiger partial charge in [0.05, 0.1) is 0 Å². The normalized spacial score (nSPS) is 12.2. The fraction of sp³-hybridized carbons (Fsp3) is 0.364. The Kier molecular flexibility index (Phi) is 4.78. The number of benzene rings is 1. The van der Waals surface area contributed by atoms with Crippen LogP contribution in [0.1, 0.15) is 18.9 Å². The Labute approximate surface area is 97.7 Å². The lowest BCUT2D eigenvalue weighted by atomic mass is 10.2. The molecule has 1 aromatic carbocycles. The average molecular weight is 272 g/mol. The van der Waals surface area contributed by atoms with Gasteiger partial charge in [-0.05, 0) is 24.1 Å². The third-order valence-corrected chi connectivity index (χ3v) is 2.57. The smallest absolute Gasteiger partial charge is 0.323 e. The maximum Gasteiger partial charge on any atom is 0.323 e. The van der Waals surface area contributed by atoms with Crippen LogP contribution < -0.4 is 5.73 Å². The van der Waals surface area contributed by atoms with Crippen molar-refractivity contribution >= 4 is 21.9 Å². The zero-order valence-corrected chi connectivity index (χ0v) is 10.2. The molecule has 0 spiro atoms. The molecule has 0 saturated heterocycles. The van der Waals surface area contributed by atoms with Crippen LogP contribution in [0.2, 0.25) is 0 Å². The number of esters is 1. The molecule has 0 bridgehead atoms. The van der Waals surface area contributed by atoms with E-state index in [1.165, 1.54) is 0 Å². The van der Waals surface area contributed by atoms with Crippen molar-refractivity contribution in [2.24, 2.45) is 5.73 Å². The number of carbonyl (C=O) groups excluding carboxylic acids is 1. The first-order valence-electron chi connectivity index (χ1n) is 4.80. The van der Waals surface area contributed by atoms with Gasteiger partial charge in [-0.2, -0.15) is 0 Å². The van der Waals surface area contributed by atoms with Crippen molar-refractivity contribution < 1.29 is 9.53 Å². The van der Waals surface area contributed by atoms with Gasteiger partial charge in [-0.25, -0.2) is 0 Å². The number of rotatable bonds is 4. The Bertz CT molecular complexity index is 324. The summed E-state index contributed by atoms with van der Waals surface area (Å²) in [5.74, 6) is -0.347. The Morgan fingerprint density at radius 1 is 1.47 bits per heavy atom. The molecule has 0 aliphatic carbocycles. The van der Waals surface area contributed by atoms with Crippen LogP contribution in [0.3, 0.4) is 0 Å². The summed E-state index contributed by atoms with van der Waals surface area (Å²) in [5.41, 5.74) is 6.48. The third kappa shape index (κ3) is 4.01. The molecule has 82 valence electrons. The molecule has 1 rings (SSSR count). The van der Waals surface area contributed by atoms with Crippen LogP contribution in [-0.2, 0) is 16.1 Å². The van der Waals surface area contributed by atoms with Crippen molar-refractivity contribution in [3.8, 4) is 0 Å². The second-order valence-electron chi connectivity index (χ2n) is 3.25. The van der Waals surface area contributed by atoms with Gasteiger partial charge in [0, 0.05) is 4.47 Å². The molecule has 0 radical (unpaired) electrons. The summed E-state index contributed by atoms with van der Waals surface area (Å²) in [5, 5.41) is 0. The molecule has 0 amide bonds. The van der Waals surface area contributed by atoms with Crippen molar-refractivity contribution in [3.05, 3.63) is 34.3 Å². The lowest BCUT2D eigenvalue weighted by molar-refractivity contribution is -0.146. The molecule has 0 aliphatic rings. The fourth-order valence-corrected chi connectivity index (χ4v) is 1.27. The van der Waals surface area contributed by atoms with Gasteiger partial charge in [-0.15, -0.1) is 0 Å². The zero-order chi connectivity index (χ0) is 11.3. The van der Waals surface area contributed by atoms with Gasteiger partial charge < -0.3 is 10.5 Å². The third-order valence-electron chi connectivity index (χ3n) is 2.04. The Morgan fingerprint density at radius 3 is 2.60 bits per heavy atom. The van der Waals surface area contributed by atoms with Crippen molar-refractivity contribution in [2.75, 3.05) is 0 Å². The van der Waals surface area contributed by atoms with E-state index in [0.29, 0.717) is 6.42 Å². The second kappa shape index (κ2) is 5.88. The van der Waals surface area contributed by atoms with E-state index < -0.39 is 6.04 Å². The molecule has 0 aromatic heterocycles. The molecule has 0 heterocycles. The van der Waals surface area contributed by atoms with E-state index >= 15 is 0 Å². The Hall–Kier alpha value is -0.870. The van der Waals surface area contributed by atoms with E-state index in [-0.39, 0.29) is 12.6 Å². The molecule has 1 aromatic rings. The maximum atomic E-state index is 11.3. The molecule has 0 unspecified atom stereocenters. The fourth-order valence-electron chi connectivity index (χ4n) is 1.01.